The van der Waals surface area contributed by atoms with E-state index in [-0.39, 0.29) is 12.5 Å². The van der Waals surface area contributed by atoms with Crippen LogP contribution in [-0.4, -0.2) is 26.2 Å². The van der Waals surface area contributed by atoms with E-state index in [0.717, 1.165) is 18.2 Å². The smallest absolute Gasteiger partial charge is 0.246 e. The third-order valence-corrected chi connectivity index (χ3v) is 4.43. The Morgan fingerprint density at radius 1 is 1.28 bits per heavy atom. The lowest BCUT2D eigenvalue weighted by atomic mass is 9.83. The molecule has 0 atom stereocenters. The van der Waals surface area contributed by atoms with Gasteiger partial charge in [-0.25, -0.2) is 21.9 Å². The predicted octanol–water partition coefficient (Wildman–Crippen LogP) is 1.01. The number of aliphatic hydroxyl groups is 1. The van der Waals surface area contributed by atoms with Crippen molar-refractivity contribution < 1.29 is 22.3 Å². The quantitative estimate of drug-likeness (QED) is 0.863. The molecule has 4 nitrogen and oxygen atoms in total. The lowest BCUT2D eigenvalue weighted by Gasteiger charge is -2.31. The van der Waals surface area contributed by atoms with Gasteiger partial charge in [0.2, 0.25) is 10.0 Å². The van der Waals surface area contributed by atoms with E-state index in [4.69, 9.17) is 5.11 Å². The Morgan fingerprint density at radius 3 is 2.33 bits per heavy atom. The minimum Gasteiger partial charge on any atom is -0.393 e. The van der Waals surface area contributed by atoms with E-state index in [2.05, 4.69) is 4.72 Å². The van der Waals surface area contributed by atoms with Gasteiger partial charge in [-0.1, -0.05) is 6.07 Å². The van der Waals surface area contributed by atoms with E-state index in [1.165, 1.54) is 0 Å². The fourth-order valence-electron chi connectivity index (χ4n) is 1.91. The molecule has 18 heavy (non-hydrogen) atoms. The summed E-state index contributed by atoms with van der Waals surface area (Å²) in [5.74, 6) is -2.21. The average Bonchev–Trinajstić information content (AvgIpc) is 2.22. The van der Waals surface area contributed by atoms with Crippen molar-refractivity contribution in [3.8, 4) is 0 Å². The van der Waals surface area contributed by atoms with Crippen LogP contribution in [0.1, 0.15) is 12.8 Å². The van der Waals surface area contributed by atoms with Gasteiger partial charge in [-0.3, -0.25) is 0 Å². The van der Waals surface area contributed by atoms with E-state index in [1.807, 2.05) is 0 Å². The summed E-state index contributed by atoms with van der Waals surface area (Å²) in [6.07, 6.45) is 0.606. The highest BCUT2D eigenvalue weighted by atomic mass is 32.2. The summed E-state index contributed by atoms with van der Waals surface area (Å²) in [7, 11) is -4.19. The molecule has 1 saturated carbocycles. The predicted molar refractivity (Wildman–Crippen MR) is 60.3 cm³/mol. The summed E-state index contributed by atoms with van der Waals surface area (Å²) in [6.45, 7) is 0.0766. The highest BCUT2D eigenvalue weighted by Crippen LogP contribution is 2.27. The Bertz CT molecular complexity index is 521. The lowest BCUT2D eigenvalue weighted by Crippen LogP contribution is -2.38. The number of sulfonamides is 1. The molecule has 1 aliphatic carbocycles. The van der Waals surface area contributed by atoms with Gasteiger partial charge in [-0.15, -0.1) is 0 Å². The first-order valence-corrected chi connectivity index (χ1v) is 7.00. The normalized spacial score (nSPS) is 23.7. The van der Waals surface area contributed by atoms with Crippen LogP contribution in [0.4, 0.5) is 8.78 Å². The number of hydrogen-bond acceptors (Lipinski definition) is 3. The molecule has 2 N–H and O–H groups in total. The van der Waals surface area contributed by atoms with Crippen molar-refractivity contribution >= 4 is 10.0 Å². The van der Waals surface area contributed by atoms with E-state index in [0.29, 0.717) is 12.8 Å². The standard InChI is InChI=1S/C11H13F2NO3S/c12-9-2-1-3-10(13)11(9)18(16,17)14-6-7-4-8(15)5-7/h1-3,7-8,14-15H,4-6H2. The highest BCUT2D eigenvalue weighted by Gasteiger charge is 2.30. The monoisotopic (exact) mass is 277 g/mol. The lowest BCUT2D eigenvalue weighted by molar-refractivity contribution is 0.0453. The molecule has 1 aromatic carbocycles. The number of hydrogen-bond donors (Lipinski definition) is 2. The molecule has 0 aromatic heterocycles. The van der Waals surface area contributed by atoms with E-state index in [1.54, 1.807) is 0 Å². The zero-order chi connectivity index (χ0) is 13.3. The van der Waals surface area contributed by atoms with E-state index in [9.17, 15) is 17.2 Å². The molecular weight excluding hydrogens is 264 g/mol. The number of rotatable bonds is 4. The van der Waals surface area contributed by atoms with Crippen molar-refractivity contribution in [3.05, 3.63) is 29.8 Å². The van der Waals surface area contributed by atoms with Crippen molar-refractivity contribution in [3.63, 3.8) is 0 Å². The summed E-state index contributed by atoms with van der Waals surface area (Å²) >= 11 is 0. The van der Waals surface area contributed by atoms with Gasteiger partial charge in [-0.05, 0) is 30.9 Å². The third-order valence-electron chi connectivity index (χ3n) is 2.96. The van der Waals surface area contributed by atoms with Gasteiger partial charge in [-0.2, -0.15) is 0 Å². The van der Waals surface area contributed by atoms with Crippen LogP contribution in [0, 0.1) is 17.6 Å². The summed E-state index contributed by atoms with van der Waals surface area (Å²) in [5.41, 5.74) is 0. The van der Waals surface area contributed by atoms with Gasteiger partial charge in [0.15, 0.2) is 4.90 Å². The maximum Gasteiger partial charge on any atom is 0.246 e. The van der Waals surface area contributed by atoms with Crippen LogP contribution in [0.2, 0.25) is 0 Å². The number of halogens is 2. The van der Waals surface area contributed by atoms with Crippen molar-refractivity contribution in [2.24, 2.45) is 5.92 Å². The molecule has 1 aromatic rings. The Hall–Kier alpha value is -1.05. The molecule has 0 radical (unpaired) electrons. The molecule has 0 heterocycles. The molecule has 7 heteroatoms. The van der Waals surface area contributed by atoms with Crippen LogP contribution < -0.4 is 4.72 Å². The average molecular weight is 277 g/mol. The Kier molecular flexibility index (Phi) is 3.65. The fraction of sp³-hybridized carbons (Fsp3) is 0.455. The first-order valence-electron chi connectivity index (χ1n) is 5.52. The first kappa shape index (κ1) is 13.4. The molecule has 0 aliphatic heterocycles. The fourth-order valence-corrected chi connectivity index (χ4v) is 3.16. The van der Waals surface area contributed by atoms with Crippen LogP contribution in [0.5, 0.6) is 0 Å². The second kappa shape index (κ2) is 4.91. The topological polar surface area (TPSA) is 66.4 Å². The van der Waals surface area contributed by atoms with E-state index >= 15 is 0 Å². The Labute approximate surface area is 104 Å². The molecule has 1 fully saturated rings. The van der Waals surface area contributed by atoms with Crippen molar-refractivity contribution in [2.75, 3.05) is 6.54 Å². The molecule has 100 valence electrons. The second-order valence-electron chi connectivity index (χ2n) is 4.39. The van der Waals surface area contributed by atoms with Gasteiger partial charge in [0.05, 0.1) is 6.10 Å². The number of nitrogens with one attached hydrogen (secondary N) is 1. The van der Waals surface area contributed by atoms with Crippen molar-refractivity contribution in [1.29, 1.82) is 0 Å². The minimum atomic E-state index is -4.19. The van der Waals surface area contributed by atoms with E-state index < -0.39 is 32.7 Å². The molecule has 0 bridgehead atoms. The van der Waals surface area contributed by atoms with Crippen LogP contribution in [0.3, 0.4) is 0 Å². The summed E-state index contributed by atoms with van der Waals surface area (Å²) in [6, 6.07) is 2.89. The largest absolute Gasteiger partial charge is 0.393 e. The molecule has 0 unspecified atom stereocenters. The SMILES string of the molecule is O=S(=O)(NCC1CC(O)C1)c1c(F)cccc1F. The number of benzene rings is 1. The van der Waals surface area contributed by atoms with Crippen LogP contribution in [0.15, 0.2) is 23.1 Å². The van der Waals surface area contributed by atoms with Crippen molar-refractivity contribution in [2.45, 2.75) is 23.8 Å². The van der Waals surface area contributed by atoms with Crippen LogP contribution in [-0.2, 0) is 10.0 Å². The zero-order valence-corrected chi connectivity index (χ0v) is 10.3. The minimum absolute atomic E-state index is 0.0182. The van der Waals surface area contributed by atoms with Gasteiger partial charge in [0.25, 0.3) is 0 Å². The molecule has 0 saturated heterocycles. The maximum absolute atomic E-state index is 13.3. The van der Waals surface area contributed by atoms with Crippen molar-refractivity contribution in [1.82, 2.24) is 4.72 Å². The maximum atomic E-state index is 13.3. The van der Waals surface area contributed by atoms with Gasteiger partial charge < -0.3 is 5.11 Å². The first-order chi connectivity index (χ1) is 8.40. The van der Waals surface area contributed by atoms with Gasteiger partial charge in [0.1, 0.15) is 11.6 Å². The second-order valence-corrected chi connectivity index (χ2v) is 6.10. The van der Waals surface area contributed by atoms with Crippen LogP contribution in [0.25, 0.3) is 0 Å². The van der Waals surface area contributed by atoms with Gasteiger partial charge >= 0.3 is 0 Å². The molecule has 2 rings (SSSR count). The number of aliphatic hydroxyl groups excluding tert-OH is 1. The molecule has 1 aliphatic rings. The molecular formula is C11H13F2NO3S. The summed E-state index contributed by atoms with van der Waals surface area (Å²) in [4.78, 5) is -0.954. The zero-order valence-electron chi connectivity index (χ0n) is 9.44. The third kappa shape index (κ3) is 2.68. The Morgan fingerprint density at radius 2 is 1.83 bits per heavy atom. The molecule has 0 spiro atoms. The molecule has 0 amide bonds. The summed E-state index contributed by atoms with van der Waals surface area (Å²) < 4.78 is 52.3. The Balaban J connectivity index is 2.11. The highest BCUT2D eigenvalue weighted by molar-refractivity contribution is 7.89. The van der Waals surface area contributed by atoms with Crippen LogP contribution >= 0.6 is 0 Å². The summed E-state index contributed by atoms with van der Waals surface area (Å²) in [5, 5.41) is 9.06. The van der Waals surface area contributed by atoms with Gasteiger partial charge in [0, 0.05) is 6.54 Å².